The molecule has 9 heteroatoms. The van der Waals surface area contributed by atoms with Crippen molar-refractivity contribution in [2.75, 3.05) is 31.8 Å². The van der Waals surface area contributed by atoms with Gasteiger partial charge in [0.1, 0.15) is 0 Å². The Morgan fingerprint density at radius 1 is 1.09 bits per heavy atom. The molecule has 3 aromatic rings. The molecule has 2 heterocycles. The van der Waals surface area contributed by atoms with Gasteiger partial charge in [-0.25, -0.2) is 0 Å². The van der Waals surface area contributed by atoms with Gasteiger partial charge in [-0.1, -0.05) is 35.9 Å². The number of likely N-dealkylation sites (N-methyl/N-ethyl adjacent to an activating group) is 1. The van der Waals surface area contributed by atoms with Crippen LogP contribution < -0.4 is 19.7 Å². The van der Waals surface area contributed by atoms with E-state index in [0.29, 0.717) is 35.4 Å². The van der Waals surface area contributed by atoms with Gasteiger partial charge in [-0.15, -0.1) is 0 Å². The maximum absolute atomic E-state index is 13.9. The van der Waals surface area contributed by atoms with Gasteiger partial charge >= 0.3 is 0 Å². The number of fused-ring (bicyclic) bond motifs is 1. The number of aliphatic hydroxyl groups is 1. The Hall–Kier alpha value is -3.59. The fourth-order valence-corrected chi connectivity index (χ4v) is 6.08. The van der Waals surface area contributed by atoms with E-state index < -0.39 is 11.6 Å². The van der Waals surface area contributed by atoms with Crippen molar-refractivity contribution < 1.29 is 28.9 Å². The van der Waals surface area contributed by atoms with Crippen molar-refractivity contribution >= 4 is 29.1 Å². The van der Waals surface area contributed by atoms with Gasteiger partial charge < -0.3 is 29.5 Å². The molecule has 0 spiro atoms. The highest BCUT2D eigenvalue weighted by atomic mass is 35.5. The molecule has 0 saturated carbocycles. The lowest BCUT2D eigenvalue weighted by Gasteiger charge is -2.39. The highest BCUT2D eigenvalue weighted by Gasteiger charge is 2.38. The van der Waals surface area contributed by atoms with E-state index in [1.165, 1.54) is 0 Å². The number of hydrogen-bond donors (Lipinski definition) is 2. The number of anilines is 1. The van der Waals surface area contributed by atoms with E-state index in [4.69, 9.17) is 25.8 Å². The summed E-state index contributed by atoms with van der Waals surface area (Å²) < 4.78 is 17.5. The van der Waals surface area contributed by atoms with Crippen LogP contribution in [0.2, 0.25) is 5.02 Å². The lowest BCUT2D eigenvalue weighted by Crippen LogP contribution is -2.41. The summed E-state index contributed by atoms with van der Waals surface area (Å²) in [6.45, 7) is 6.82. The zero-order valence-electron chi connectivity index (χ0n) is 25.1. The molecule has 2 aliphatic heterocycles. The van der Waals surface area contributed by atoms with Crippen molar-refractivity contribution in [2.45, 2.75) is 57.8 Å². The maximum atomic E-state index is 13.9. The summed E-state index contributed by atoms with van der Waals surface area (Å²) in [5.74, 6) is 0.636. The molecule has 3 aromatic carbocycles. The predicted octanol–water partition coefficient (Wildman–Crippen LogP) is 5.56. The highest BCUT2D eigenvalue weighted by Crippen LogP contribution is 2.44. The van der Waals surface area contributed by atoms with Crippen LogP contribution in [-0.2, 0) is 26.3 Å². The Bertz CT molecular complexity index is 1450. The molecule has 0 aliphatic carbocycles. The zero-order chi connectivity index (χ0) is 30.7. The quantitative estimate of drug-likeness (QED) is 0.331. The van der Waals surface area contributed by atoms with Crippen LogP contribution in [0.3, 0.4) is 0 Å². The van der Waals surface area contributed by atoms with Gasteiger partial charge in [0, 0.05) is 31.0 Å². The van der Waals surface area contributed by atoms with E-state index in [2.05, 4.69) is 5.32 Å². The molecule has 5 rings (SSSR count). The number of amides is 2. The van der Waals surface area contributed by atoms with Crippen molar-refractivity contribution in [1.82, 2.24) is 5.32 Å². The fraction of sp³-hybridized carbons (Fsp3) is 0.412. The second-order valence-electron chi connectivity index (χ2n) is 11.6. The molecule has 2 atom stereocenters. The lowest BCUT2D eigenvalue weighted by atomic mass is 9.78. The van der Waals surface area contributed by atoms with Gasteiger partial charge in [-0.05, 0) is 98.2 Å². The number of carbonyl (C=O) groups is 2. The normalized spacial score (nSPS) is 18.6. The van der Waals surface area contributed by atoms with Gasteiger partial charge in [-0.3, -0.25) is 9.59 Å². The number of benzene rings is 3. The van der Waals surface area contributed by atoms with Gasteiger partial charge in [0.05, 0.1) is 24.2 Å². The molecular formula is C34H39ClN2O6. The standard InChI is InChI=1S/C34H39ClN2O6/c1-21(2)43-30-19-28-23(17-29(30)42-20-31(38)36-4)18-32(39)37(33(28)22-5-9-26(35)10-6-22)27-11-7-24(8-12-27)34(3,40)25-13-15-41-16-14-25/h5-12,17,19,21,25,33,40H,13-16,18,20H2,1-4H3,(H,36,38). The molecule has 0 bridgehead atoms. The summed E-state index contributed by atoms with van der Waals surface area (Å²) in [6.07, 6.45) is 1.58. The Balaban J connectivity index is 1.57. The zero-order valence-corrected chi connectivity index (χ0v) is 25.8. The highest BCUT2D eigenvalue weighted by molar-refractivity contribution is 6.30. The summed E-state index contributed by atoms with van der Waals surface area (Å²) in [6, 6.07) is 18.4. The number of rotatable bonds is 9. The third-order valence-electron chi connectivity index (χ3n) is 8.30. The van der Waals surface area contributed by atoms with E-state index in [1.807, 2.05) is 81.4 Å². The monoisotopic (exact) mass is 606 g/mol. The Labute approximate surface area is 257 Å². The molecule has 43 heavy (non-hydrogen) atoms. The molecule has 0 aromatic heterocycles. The fourth-order valence-electron chi connectivity index (χ4n) is 5.95. The van der Waals surface area contributed by atoms with Crippen LogP contribution in [0.4, 0.5) is 5.69 Å². The largest absolute Gasteiger partial charge is 0.487 e. The summed E-state index contributed by atoms with van der Waals surface area (Å²) in [4.78, 5) is 27.6. The van der Waals surface area contributed by atoms with Crippen LogP contribution in [-0.4, -0.2) is 49.9 Å². The second kappa shape index (κ2) is 13.0. The third-order valence-corrected chi connectivity index (χ3v) is 8.55. The number of nitrogens with zero attached hydrogens (tertiary/aromatic N) is 1. The topological polar surface area (TPSA) is 97.3 Å². The molecule has 2 N–H and O–H groups in total. The van der Waals surface area contributed by atoms with Crippen LogP contribution in [0.15, 0.2) is 60.7 Å². The van der Waals surface area contributed by atoms with Gasteiger partial charge in [0.25, 0.3) is 5.91 Å². The van der Waals surface area contributed by atoms with Crippen LogP contribution in [0.1, 0.15) is 61.9 Å². The average molecular weight is 607 g/mol. The first-order valence-electron chi connectivity index (χ1n) is 14.7. The number of ether oxygens (including phenoxy) is 3. The van der Waals surface area contributed by atoms with E-state index in [1.54, 1.807) is 11.9 Å². The lowest BCUT2D eigenvalue weighted by molar-refractivity contribution is -0.122. The van der Waals surface area contributed by atoms with Gasteiger partial charge in [0.2, 0.25) is 5.91 Å². The number of halogens is 1. The number of hydrogen-bond acceptors (Lipinski definition) is 6. The van der Waals surface area contributed by atoms with Crippen molar-refractivity contribution in [3.05, 3.63) is 87.9 Å². The molecular weight excluding hydrogens is 568 g/mol. The molecule has 2 amide bonds. The minimum Gasteiger partial charge on any atom is -0.487 e. The summed E-state index contributed by atoms with van der Waals surface area (Å²) in [5.41, 5.74) is 3.08. The average Bonchev–Trinajstić information content (AvgIpc) is 3.00. The van der Waals surface area contributed by atoms with Crippen LogP contribution >= 0.6 is 11.6 Å². The molecule has 228 valence electrons. The minimum absolute atomic E-state index is 0.0915. The second-order valence-corrected chi connectivity index (χ2v) is 12.0. The van der Waals surface area contributed by atoms with E-state index in [0.717, 1.165) is 35.1 Å². The van der Waals surface area contributed by atoms with Crippen LogP contribution in [0.25, 0.3) is 0 Å². The van der Waals surface area contributed by atoms with Crippen molar-refractivity contribution in [3.8, 4) is 11.5 Å². The molecule has 2 unspecified atom stereocenters. The molecule has 1 saturated heterocycles. The summed E-state index contributed by atoms with van der Waals surface area (Å²) >= 11 is 6.25. The summed E-state index contributed by atoms with van der Waals surface area (Å²) in [7, 11) is 1.55. The molecule has 0 radical (unpaired) electrons. The molecule has 8 nitrogen and oxygen atoms in total. The Morgan fingerprint density at radius 2 is 1.77 bits per heavy atom. The number of nitrogens with one attached hydrogen (secondary N) is 1. The third kappa shape index (κ3) is 6.66. The van der Waals surface area contributed by atoms with Crippen LogP contribution in [0.5, 0.6) is 11.5 Å². The minimum atomic E-state index is -1.01. The summed E-state index contributed by atoms with van der Waals surface area (Å²) in [5, 5.41) is 14.6. The smallest absolute Gasteiger partial charge is 0.257 e. The van der Waals surface area contributed by atoms with E-state index in [9.17, 15) is 14.7 Å². The van der Waals surface area contributed by atoms with Gasteiger partial charge in [0.15, 0.2) is 18.1 Å². The first-order valence-corrected chi connectivity index (χ1v) is 15.1. The maximum Gasteiger partial charge on any atom is 0.257 e. The Kier molecular flexibility index (Phi) is 9.30. The van der Waals surface area contributed by atoms with E-state index >= 15 is 0 Å². The molecule has 2 aliphatic rings. The van der Waals surface area contributed by atoms with Crippen LogP contribution in [0, 0.1) is 5.92 Å². The van der Waals surface area contributed by atoms with Crippen molar-refractivity contribution in [1.29, 1.82) is 0 Å². The SMILES string of the molecule is CNC(=O)COc1cc2c(cc1OC(C)C)C(c1ccc(Cl)cc1)N(c1ccc(C(C)(O)C3CCOCC3)cc1)C(=O)C2. The van der Waals surface area contributed by atoms with Crippen molar-refractivity contribution in [2.24, 2.45) is 5.92 Å². The first-order chi connectivity index (χ1) is 20.6. The molecule has 1 fully saturated rings. The van der Waals surface area contributed by atoms with Crippen molar-refractivity contribution in [3.63, 3.8) is 0 Å². The predicted molar refractivity (Wildman–Crippen MR) is 166 cm³/mol. The Morgan fingerprint density at radius 3 is 2.40 bits per heavy atom. The first kappa shape index (κ1) is 30.9. The van der Waals surface area contributed by atoms with Gasteiger partial charge in [-0.2, -0.15) is 0 Å². The number of carbonyl (C=O) groups excluding carboxylic acids is 2. The van der Waals surface area contributed by atoms with E-state index in [-0.39, 0.29) is 36.9 Å².